The van der Waals surface area contributed by atoms with Gasteiger partial charge in [-0.1, -0.05) is 36.3 Å². The quantitative estimate of drug-likeness (QED) is 0.402. The van der Waals surface area contributed by atoms with Crippen LogP contribution in [0.15, 0.2) is 34.4 Å². The highest BCUT2D eigenvalue weighted by Gasteiger charge is 2.37. The molecule has 0 unspecified atom stereocenters. The molecule has 1 N–H and O–H groups in total. The number of fused-ring (bicyclic) bond motifs is 1. The topological polar surface area (TPSA) is 71.2 Å². The van der Waals surface area contributed by atoms with Gasteiger partial charge in [0.2, 0.25) is 5.71 Å². The molecule has 21 heavy (non-hydrogen) atoms. The summed E-state index contributed by atoms with van der Waals surface area (Å²) in [5, 5.41) is 12.4. The van der Waals surface area contributed by atoms with Crippen LogP contribution >= 0.6 is 0 Å². The average Bonchev–Trinajstić information content (AvgIpc) is 2.45. The summed E-state index contributed by atoms with van der Waals surface area (Å²) < 4.78 is 4.95. The molecule has 0 spiro atoms. The first-order valence-corrected chi connectivity index (χ1v) is 7.01. The molecule has 0 amide bonds. The van der Waals surface area contributed by atoms with Crippen LogP contribution in [-0.2, 0) is 9.53 Å². The van der Waals surface area contributed by atoms with Crippen molar-refractivity contribution in [2.24, 2.45) is 10.1 Å². The minimum atomic E-state index is -0.668. The number of oxime groups is 1. The van der Waals surface area contributed by atoms with Crippen LogP contribution in [-0.4, -0.2) is 34.7 Å². The zero-order valence-electron chi connectivity index (χ0n) is 12.8. The number of hydrogen-bond donors (Lipinski definition) is 1. The molecule has 2 rings (SSSR count). The molecule has 1 aromatic rings. The fraction of sp³-hybridized carbons (Fsp3) is 0.438. The number of nitrogens with zero attached hydrogens (tertiary/aromatic N) is 2. The number of aliphatic imine (C=N–C) groups is 1. The SMILES string of the molecule is CCOC(=O)/C(=N/O)C1=NC(C)(C)[C@H](C)c2ccccc21. The van der Waals surface area contributed by atoms with E-state index in [0.717, 1.165) is 11.1 Å². The van der Waals surface area contributed by atoms with Gasteiger partial charge in [-0.25, -0.2) is 4.79 Å². The lowest BCUT2D eigenvalue weighted by molar-refractivity contribution is -0.134. The Balaban J connectivity index is 2.58. The Morgan fingerprint density at radius 1 is 1.43 bits per heavy atom. The second-order valence-electron chi connectivity index (χ2n) is 5.59. The van der Waals surface area contributed by atoms with Gasteiger partial charge >= 0.3 is 5.97 Å². The van der Waals surface area contributed by atoms with Crippen LogP contribution in [0.1, 0.15) is 44.7 Å². The van der Waals surface area contributed by atoms with Gasteiger partial charge in [-0.2, -0.15) is 0 Å². The summed E-state index contributed by atoms with van der Waals surface area (Å²) in [5.74, 6) is -0.474. The van der Waals surface area contributed by atoms with Crippen molar-refractivity contribution in [1.82, 2.24) is 0 Å². The molecule has 5 heteroatoms. The molecule has 0 fully saturated rings. The summed E-state index contributed by atoms with van der Waals surface area (Å²) in [7, 11) is 0. The predicted octanol–water partition coefficient (Wildman–Crippen LogP) is 2.76. The molecular formula is C16H20N2O3. The molecule has 0 saturated carbocycles. The average molecular weight is 288 g/mol. The van der Waals surface area contributed by atoms with Gasteiger partial charge in [0, 0.05) is 11.5 Å². The largest absolute Gasteiger partial charge is 0.461 e. The molecule has 0 bridgehead atoms. The summed E-state index contributed by atoms with van der Waals surface area (Å²) in [4.78, 5) is 16.6. The third-order valence-electron chi connectivity index (χ3n) is 3.94. The van der Waals surface area contributed by atoms with Crippen molar-refractivity contribution < 1.29 is 14.7 Å². The Kier molecular flexibility index (Phi) is 4.11. The van der Waals surface area contributed by atoms with Crippen molar-refractivity contribution in [3.05, 3.63) is 35.4 Å². The third-order valence-corrected chi connectivity index (χ3v) is 3.94. The maximum absolute atomic E-state index is 12.0. The number of carbonyl (C=O) groups is 1. The van der Waals surface area contributed by atoms with E-state index in [1.807, 2.05) is 38.1 Å². The fourth-order valence-electron chi connectivity index (χ4n) is 2.48. The molecular weight excluding hydrogens is 268 g/mol. The molecule has 0 radical (unpaired) electrons. The Morgan fingerprint density at radius 2 is 2.10 bits per heavy atom. The minimum absolute atomic E-state index is 0.149. The smallest absolute Gasteiger partial charge is 0.362 e. The first-order valence-electron chi connectivity index (χ1n) is 7.01. The van der Waals surface area contributed by atoms with E-state index in [4.69, 9.17) is 4.74 Å². The fourth-order valence-corrected chi connectivity index (χ4v) is 2.48. The lowest BCUT2D eigenvalue weighted by Crippen LogP contribution is -2.38. The highest BCUT2D eigenvalue weighted by Crippen LogP contribution is 2.37. The van der Waals surface area contributed by atoms with Gasteiger partial charge in [-0.3, -0.25) is 4.99 Å². The van der Waals surface area contributed by atoms with Gasteiger partial charge in [-0.15, -0.1) is 0 Å². The van der Waals surface area contributed by atoms with Crippen LogP contribution < -0.4 is 0 Å². The molecule has 5 nitrogen and oxygen atoms in total. The van der Waals surface area contributed by atoms with Gasteiger partial charge in [-0.05, 0) is 26.3 Å². The van der Waals surface area contributed by atoms with E-state index in [-0.39, 0.29) is 18.2 Å². The number of hydrogen-bond acceptors (Lipinski definition) is 5. The minimum Gasteiger partial charge on any atom is -0.461 e. The van der Waals surface area contributed by atoms with Gasteiger partial charge in [0.1, 0.15) is 5.71 Å². The molecule has 1 atom stereocenters. The number of benzene rings is 1. The number of rotatable bonds is 3. The van der Waals surface area contributed by atoms with Gasteiger partial charge < -0.3 is 9.94 Å². The molecule has 112 valence electrons. The monoisotopic (exact) mass is 288 g/mol. The van der Waals surface area contributed by atoms with Crippen molar-refractivity contribution in [1.29, 1.82) is 0 Å². The Bertz CT molecular complexity index is 618. The molecule has 1 aromatic carbocycles. The van der Waals surface area contributed by atoms with Gasteiger partial charge in [0.05, 0.1) is 12.1 Å². The van der Waals surface area contributed by atoms with Crippen LogP contribution in [0.5, 0.6) is 0 Å². The Morgan fingerprint density at radius 3 is 2.71 bits per heavy atom. The molecule has 0 saturated heterocycles. The van der Waals surface area contributed by atoms with Crippen molar-refractivity contribution in [2.45, 2.75) is 39.2 Å². The van der Waals surface area contributed by atoms with Crippen LogP contribution in [0, 0.1) is 0 Å². The van der Waals surface area contributed by atoms with Gasteiger partial charge in [0.15, 0.2) is 0 Å². The first-order chi connectivity index (χ1) is 9.92. The van der Waals surface area contributed by atoms with E-state index in [1.165, 1.54) is 0 Å². The van der Waals surface area contributed by atoms with E-state index < -0.39 is 11.5 Å². The summed E-state index contributed by atoms with van der Waals surface area (Å²) in [6, 6.07) is 7.72. The van der Waals surface area contributed by atoms with Crippen molar-refractivity contribution in [3.63, 3.8) is 0 Å². The first kappa shape index (κ1) is 15.2. The summed E-state index contributed by atoms with van der Waals surface area (Å²) in [5.41, 5.74) is 1.73. The summed E-state index contributed by atoms with van der Waals surface area (Å²) >= 11 is 0. The molecule has 1 heterocycles. The lowest BCUT2D eigenvalue weighted by atomic mass is 9.77. The second kappa shape index (κ2) is 5.68. The Labute approximate surface area is 124 Å². The number of ether oxygens (including phenoxy) is 1. The maximum atomic E-state index is 12.0. The summed E-state index contributed by atoms with van der Waals surface area (Å²) in [6.07, 6.45) is 0. The van der Waals surface area contributed by atoms with Gasteiger partial charge in [0.25, 0.3) is 0 Å². The van der Waals surface area contributed by atoms with Crippen molar-refractivity contribution in [3.8, 4) is 0 Å². The maximum Gasteiger partial charge on any atom is 0.362 e. The van der Waals surface area contributed by atoms with E-state index in [9.17, 15) is 10.0 Å². The number of carbonyl (C=O) groups excluding carboxylic acids is 1. The standard InChI is InChI=1S/C16H20N2O3/c1-5-21-15(19)14(18-20)13-12-9-7-6-8-11(12)10(2)16(3,4)17-13/h6-10,20H,5H2,1-4H3/b18-14+/t10-/m1/s1. The number of esters is 1. The van der Waals surface area contributed by atoms with Crippen LogP contribution in [0.3, 0.4) is 0 Å². The zero-order chi connectivity index (χ0) is 15.6. The van der Waals surface area contributed by atoms with Crippen LogP contribution in [0.4, 0.5) is 0 Å². The highest BCUT2D eigenvalue weighted by atomic mass is 16.5. The zero-order valence-corrected chi connectivity index (χ0v) is 12.8. The Hall–Kier alpha value is -2.17. The van der Waals surface area contributed by atoms with E-state index in [1.54, 1.807) is 6.92 Å². The predicted molar refractivity (Wildman–Crippen MR) is 81.3 cm³/mol. The summed E-state index contributed by atoms with van der Waals surface area (Å²) in [6.45, 7) is 8.00. The molecule has 0 aliphatic carbocycles. The highest BCUT2D eigenvalue weighted by molar-refractivity contribution is 6.69. The van der Waals surface area contributed by atoms with Crippen LogP contribution in [0.2, 0.25) is 0 Å². The normalized spacial score (nSPS) is 20.5. The molecule has 1 aliphatic heterocycles. The molecule has 0 aromatic heterocycles. The second-order valence-corrected chi connectivity index (χ2v) is 5.59. The lowest BCUT2D eigenvalue weighted by Gasteiger charge is -2.35. The third kappa shape index (κ3) is 2.68. The van der Waals surface area contributed by atoms with E-state index in [2.05, 4.69) is 17.1 Å². The molecule has 1 aliphatic rings. The van der Waals surface area contributed by atoms with Crippen LogP contribution in [0.25, 0.3) is 0 Å². The van der Waals surface area contributed by atoms with Crippen molar-refractivity contribution >= 4 is 17.4 Å². The van der Waals surface area contributed by atoms with Crippen molar-refractivity contribution in [2.75, 3.05) is 6.61 Å². The van der Waals surface area contributed by atoms with E-state index in [0.29, 0.717) is 5.71 Å². The van der Waals surface area contributed by atoms with E-state index >= 15 is 0 Å².